The molecule has 2 aromatic carbocycles. The third-order valence-electron chi connectivity index (χ3n) is 4.35. The minimum atomic E-state index is -0.424. The van der Waals surface area contributed by atoms with Gasteiger partial charge in [0, 0.05) is 17.3 Å². The molecule has 0 fully saturated rings. The van der Waals surface area contributed by atoms with E-state index in [0.29, 0.717) is 17.0 Å². The molecule has 1 aromatic heterocycles. The van der Waals surface area contributed by atoms with Gasteiger partial charge in [0.15, 0.2) is 0 Å². The summed E-state index contributed by atoms with van der Waals surface area (Å²) in [6.07, 6.45) is 3.02. The Labute approximate surface area is 164 Å². The highest BCUT2D eigenvalue weighted by Crippen LogP contribution is 2.18. The van der Waals surface area contributed by atoms with Crippen molar-refractivity contribution in [3.05, 3.63) is 94.6 Å². The number of anilines is 1. The second-order valence-corrected chi connectivity index (χ2v) is 6.61. The van der Waals surface area contributed by atoms with E-state index >= 15 is 0 Å². The molecule has 2 N–H and O–H groups in total. The van der Waals surface area contributed by atoms with E-state index in [9.17, 15) is 9.59 Å². The minimum absolute atomic E-state index is 0.101. The van der Waals surface area contributed by atoms with E-state index in [-0.39, 0.29) is 11.6 Å². The fourth-order valence-corrected chi connectivity index (χ4v) is 2.75. The minimum Gasteiger partial charge on any atom is -0.465 e. The Bertz CT molecular complexity index is 1030. The predicted molar refractivity (Wildman–Crippen MR) is 110 cm³/mol. The standard InChI is InChI=1S/C23H22N2O3/c1-15-10-11-17(3)20(13-15)24-23(27)21(14-18-8-6-12-28-18)25-22(26)19-9-5-4-7-16(19)2/h4-14H,1-3H3,(H,24,27)(H,25,26)/b21-14-. The van der Waals surface area contributed by atoms with Crippen molar-refractivity contribution in [2.45, 2.75) is 20.8 Å². The van der Waals surface area contributed by atoms with Crippen molar-refractivity contribution in [1.29, 1.82) is 0 Å². The molecule has 2 amide bonds. The monoisotopic (exact) mass is 374 g/mol. The van der Waals surface area contributed by atoms with Crippen molar-refractivity contribution in [3.63, 3.8) is 0 Å². The predicted octanol–water partition coefficient (Wildman–Crippen LogP) is 4.61. The SMILES string of the molecule is Cc1ccc(C)c(NC(=O)/C(=C/c2ccco2)NC(=O)c2ccccc2C)c1. The van der Waals surface area contributed by atoms with Crippen LogP contribution in [-0.4, -0.2) is 11.8 Å². The smallest absolute Gasteiger partial charge is 0.272 e. The molecule has 0 bridgehead atoms. The highest BCUT2D eigenvalue weighted by molar-refractivity contribution is 6.11. The number of carbonyl (C=O) groups is 2. The third kappa shape index (κ3) is 4.57. The van der Waals surface area contributed by atoms with Gasteiger partial charge in [-0.15, -0.1) is 0 Å². The van der Waals surface area contributed by atoms with Crippen LogP contribution in [0.1, 0.15) is 32.8 Å². The van der Waals surface area contributed by atoms with Crippen LogP contribution >= 0.6 is 0 Å². The maximum atomic E-state index is 12.9. The van der Waals surface area contributed by atoms with Gasteiger partial charge in [-0.3, -0.25) is 9.59 Å². The van der Waals surface area contributed by atoms with Gasteiger partial charge >= 0.3 is 0 Å². The van der Waals surface area contributed by atoms with Crippen LogP contribution in [0.3, 0.4) is 0 Å². The van der Waals surface area contributed by atoms with Gasteiger partial charge in [0.05, 0.1) is 6.26 Å². The molecule has 0 aliphatic heterocycles. The molecule has 0 aliphatic carbocycles. The molecule has 3 aromatic rings. The summed E-state index contributed by atoms with van der Waals surface area (Å²) in [6.45, 7) is 5.71. The van der Waals surface area contributed by atoms with Gasteiger partial charge in [-0.1, -0.05) is 30.3 Å². The summed E-state index contributed by atoms with van der Waals surface area (Å²) in [6, 6.07) is 16.4. The summed E-state index contributed by atoms with van der Waals surface area (Å²) in [7, 11) is 0. The molecule has 0 saturated carbocycles. The number of hydrogen-bond donors (Lipinski definition) is 2. The van der Waals surface area contributed by atoms with E-state index in [1.165, 1.54) is 12.3 Å². The maximum Gasteiger partial charge on any atom is 0.272 e. The van der Waals surface area contributed by atoms with E-state index in [0.717, 1.165) is 16.7 Å². The van der Waals surface area contributed by atoms with Crippen molar-refractivity contribution >= 4 is 23.6 Å². The molecule has 0 atom stereocenters. The van der Waals surface area contributed by atoms with Crippen molar-refractivity contribution in [2.24, 2.45) is 0 Å². The van der Waals surface area contributed by atoms with Crippen LogP contribution in [-0.2, 0) is 4.79 Å². The van der Waals surface area contributed by atoms with Gasteiger partial charge in [0.1, 0.15) is 11.5 Å². The van der Waals surface area contributed by atoms with Gasteiger partial charge in [-0.25, -0.2) is 0 Å². The first-order valence-electron chi connectivity index (χ1n) is 8.95. The molecule has 1 heterocycles. The van der Waals surface area contributed by atoms with Gasteiger partial charge < -0.3 is 15.1 Å². The zero-order valence-corrected chi connectivity index (χ0v) is 16.1. The van der Waals surface area contributed by atoms with Crippen molar-refractivity contribution in [2.75, 3.05) is 5.32 Å². The Morgan fingerprint density at radius 1 is 0.929 bits per heavy atom. The van der Waals surface area contributed by atoms with E-state index in [1.807, 2.05) is 51.1 Å². The summed E-state index contributed by atoms with van der Waals surface area (Å²) in [5, 5.41) is 5.59. The molecular weight excluding hydrogens is 352 g/mol. The van der Waals surface area contributed by atoms with Crippen LogP contribution in [0.4, 0.5) is 5.69 Å². The van der Waals surface area contributed by atoms with Crippen molar-refractivity contribution in [1.82, 2.24) is 5.32 Å². The van der Waals surface area contributed by atoms with E-state index < -0.39 is 5.91 Å². The lowest BCUT2D eigenvalue weighted by Gasteiger charge is -2.13. The average molecular weight is 374 g/mol. The number of nitrogens with one attached hydrogen (secondary N) is 2. The molecule has 28 heavy (non-hydrogen) atoms. The molecule has 0 radical (unpaired) electrons. The van der Waals surface area contributed by atoms with Crippen molar-refractivity contribution in [3.8, 4) is 0 Å². The lowest BCUT2D eigenvalue weighted by molar-refractivity contribution is -0.113. The lowest BCUT2D eigenvalue weighted by atomic mass is 10.1. The highest BCUT2D eigenvalue weighted by Gasteiger charge is 2.17. The zero-order valence-electron chi connectivity index (χ0n) is 16.1. The average Bonchev–Trinajstić information content (AvgIpc) is 3.17. The Hall–Kier alpha value is -3.60. The number of carbonyl (C=O) groups excluding carboxylic acids is 2. The van der Waals surface area contributed by atoms with E-state index in [2.05, 4.69) is 10.6 Å². The number of amides is 2. The highest BCUT2D eigenvalue weighted by atomic mass is 16.3. The third-order valence-corrected chi connectivity index (χ3v) is 4.35. The van der Waals surface area contributed by atoms with E-state index in [1.54, 1.807) is 24.3 Å². The van der Waals surface area contributed by atoms with Crippen LogP contribution < -0.4 is 10.6 Å². The van der Waals surface area contributed by atoms with Crippen molar-refractivity contribution < 1.29 is 14.0 Å². The normalized spacial score (nSPS) is 11.2. The Kier molecular flexibility index (Phi) is 5.75. The van der Waals surface area contributed by atoms with Gasteiger partial charge in [-0.2, -0.15) is 0 Å². The summed E-state index contributed by atoms with van der Waals surface area (Å²) in [4.78, 5) is 25.6. The topological polar surface area (TPSA) is 71.3 Å². The summed E-state index contributed by atoms with van der Waals surface area (Å²) >= 11 is 0. The molecular formula is C23H22N2O3. The Morgan fingerprint density at radius 2 is 1.71 bits per heavy atom. The summed E-state index contributed by atoms with van der Waals surface area (Å²) in [5.41, 5.74) is 4.09. The molecule has 0 saturated heterocycles. The number of benzene rings is 2. The number of aryl methyl sites for hydroxylation is 3. The quantitative estimate of drug-likeness (QED) is 0.641. The fraction of sp³-hybridized carbons (Fsp3) is 0.130. The number of rotatable bonds is 5. The second kappa shape index (κ2) is 8.39. The van der Waals surface area contributed by atoms with Crippen LogP contribution in [0.25, 0.3) is 6.08 Å². The van der Waals surface area contributed by atoms with Gasteiger partial charge in [-0.05, 0) is 61.7 Å². The summed E-state index contributed by atoms with van der Waals surface area (Å²) in [5.74, 6) is -0.310. The first-order chi connectivity index (χ1) is 13.4. The van der Waals surface area contributed by atoms with Gasteiger partial charge in [0.2, 0.25) is 0 Å². The molecule has 142 valence electrons. The maximum absolute atomic E-state index is 12.9. The molecule has 5 heteroatoms. The largest absolute Gasteiger partial charge is 0.465 e. The molecule has 3 rings (SSSR count). The summed E-state index contributed by atoms with van der Waals surface area (Å²) < 4.78 is 5.31. The van der Waals surface area contributed by atoms with Crippen LogP contribution in [0.2, 0.25) is 0 Å². The molecule has 0 unspecified atom stereocenters. The first kappa shape index (κ1) is 19.2. The lowest BCUT2D eigenvalue weighted by Crippen LogP contribution is -2.31. The first-order valence-corrected chi connectivity index (χ1v) is 8.95. The Balaban J connectivity index is 1.89. The molecule has 5 nitrogen and oxygen atoms in total. The van der Waals surface area contributed by atoms with Crippen LogP contribution in [0.5, 0.6) is 0 Å². The number of furan rings is 1. The second-order valence-electron chi connectivity index (χ2n) is 6.61. The van der Waals surface area contributed by atoms with E-state index in [4.69, 9.17) is 4.42 Å². The van der Waals surface area contributed by atoms with Crippen LogP contribution in [0, 0.1) is 20.8 Å². The molecule has 0 spiro atoms. The number of hydrogen-bond acceptors (Lipinski definition) is 3. The zero-order chi connectivity index (χ0) is 20.1. The van der Waals surface area contributed by atoms with Crippen LogP contribution in [0.15, 0.2) is 71.0 Å². The van der Waals surface area contributed by atoms with Gasteiger partial charge in [0.25, 0.3) is 11.8 Å². The Morgan fingerprint density at radius 3 is 2.43 bits per heavy atom. The fourth-order valence-electron chi connectivity index (χ4n) is 2.75. The molecule has 0 aliphatic rings.